The third-order valence-corrected chi connectivity index (χ3v) is 16.5. The number of Topliss-reactive ketones (excluding diaryl/α,β-unsaturated/α-hetero) is 1. The van der Waals surface area contributed by atoms with E-state index in [1.807, 2.05) is 52.0 Å². The van der Waals surface area contributed by atoms with Crippen molar-refractivity contribution in [2.24, 2.45) is 23.2 Å². The van der Waals surface area contributed by atoms with Crippen molar-refractivity contribution in [2.45, 2.75) is 148 Å². The van der Waals surface area contributed by atoms with Crippen molar-refractivity contribution in [3.63, 3.8) is 0 Å². The van der Waals surface area contributed by atoms with Gasteiger partial charge in [-0.25, -0.2) is 0 Å². The van der Waals surface area contributed by atoms with Crippen molar-refractivity contribution in [1.29, 1.82) is 0 Å². The van der Waals surface area contributed by atoms with Crippen LogP contribution in [-0.2, 0) is 34.8 Å². The molecule has 2 fully saturated rings. The minimum absolute atomic E-state index is 0.0844. The van der Waals surface area contributed by atoms with Crippen molar-refractivity contribution in [2.75, 3.05) is 27.6 Å². The summed E-state index contributed by atoms with van der Waals surface area (Å²) in [5, 5.41) is 37.2. The highest BCUT2D eigenvalue weighted by molar-refractivity contribution is 6.74. The number of hydrogen-bond donors (Lipinski definition) is 3. The SMILES string of the molecule is COCO[C@H]1C(=O)[C@H](C)[C@@H]([C@](O)(COC(C)C)[C@H](OCc2ccc(OC)cc2)C(C)O)C[C@H](O[Si](C)(C)C(C)(C)C)[C@]2(O)CC[C@H]1C2(C)C. The van der Waals surface area contributed by atoms with Crippen LogP contribution in [0.2, 0.25) is 18.1 Å². The van der Waals surface area contributed by atoms with Gasteiger partial charge in [-0.15, -0.1) is 0 Å². The molecule has 0 spiro atoms. The lowest BCUT2D eigenvalue weighted by Gasteiger charge is -2.51. The first-order valence-electron chi connectivity index (χ1n) is 17.9. The Hall–Kier alpha value is -1.41. The highest BCUT2D eigenvalue weighted by Crippen LogP contribution is 2.58. The highest BCUT2D eigenvalue weighted by atomic mass is 28.4. The van der Waals surface area contributed by atoms with Crippen LogP contribution in [0, 0.1) is 23.2 Å². The fourth-order valence-corrected chi connectivity index (χ4v) is 9.09. The minimum Gasteiger partial charge on any atom is -0.497 e. The maximum atomic E-state index is 14.8. The van der Waals surface area contributed by atoms with Gasteiger partial charge in [-0.2, -0.15) is 0 Å². The Morgan fingerprint density at radius 1 is 1.04 bits per heavy atom. The van der Waals surface area contributed by atoms with Gasteiger partial charge in [-0.3, -0.25) is 4.79 Å². The number of aliphatic hydroxyl groups is 3. The van der Waals surface area contributed by atoms with Crippen LogP contribution >= 0.6 is 0 Å². The van der Waals surface area contributed by atoms with Gasteiger partial charge >= 0.3 is 0 Å². The second-order valence-corrected chi connectivity index (χ2v) is 21.6. The highest BCUT2D eigenvalue weighted by Gasteiger charge is 2.65. The van der Waals surface area contributed by atoms with E-state index in [0.29, 0.717) is 18.6 Å². The molecule has 2 aliphatic carbocycles. The molecular formula is C38H66O10Si. The number of methoxy groups -OCH3 is 2. The Balaban J connectivity index is 2.25. The van der Waals surface area contributed by atoms with Crippen LogP contribution in [0.4, 0.5) is 0 Å². The number of benzene rings is 1. The zero-order chi connectivity index (χ0) is 37.2. The molecule has 10 nitrogen and oxygen atoms in total. The van der Waals surface area contributed by atoms with Gasteiger partial charge in [0.05, 0.1) is 44.2 Å². The van der Waals surface area contributed by atoms with E-state index in [9.17, 15) is 20.1 Å². The van der Waals surface area contributed by atoms with E-state index >= 15 is 0 Å². The quantitative estimate of drug-likeness (QED) is 0.150. The third kappa shape index (κ3) is 8.80. The fraction of sp³-hybridized carbons (Fsp3) is 0.816. The molecule has 0 saturated heterocycles. The summed E-state index contributed by atoms with van der Waals surface area (Å²) in [6, 6.07) is 7.37. The Bertz CT molecular complexity index is 1210. The number of carbonyl (C=O) groups is 1. The lowest BCUT2D eigenvalue weighted by molar-refractivity contribution is -0.224. The number of hydrogen-bond acceptors (Lipinski definition) is 10. The number of ketones is 1. The number of carbonyl (C=O) groups excluding carboxylic acids is 1. The number of rotatable bonds is 15. The van der Waals surface area contributed by atoms with Crippen molar-refractivity contribution in [3.05, 3.63) is 29.8 Å². The van der Waals surface area contributed by atoms with E-state index in [2.05, 4.69) is 33.9 Å². The van der Waals surface area contributed by atoms with Crippen LogP contribution in [-0.4, -0.2) is 98.8 Å². The molecule has 0 radical (unpaired) electrons. The predicted molar refractivity (Wildman–Crippen MR) is 192 cm³/mol. The van der Waals surface area contributed by atoms with Crippen LogP contribution in [0.5, 0.6) is 5.75 Å². The second kappa shape index (κ2) is 16.1. The van der Waals surface area contributed by atoms with Gasteiger partial charge in [0.15, 0.2) is 14.1 Å². The molecule has 0 amide bonds. The number of fused-ring (bicyclic) bond motifs is 2. The van der Waals surface area contributed by atoms with Gasteiger partial charge in [-0.1, -0.05) is 53.7 Å². The molecule has 282 valence electrons. The summed E-state index contributed by atoms with van der Waals surface area (Å²) in [5.74, 6) is -1.48. The summed E-state index contributed by atoms with van der Waals surface area (Å²) in [5.41, 5.74) is -3.21. The van der Waals surface area contributed by atoms with Crippen molar-refractivity contribution >= 4 is 14.1 Å². The summed E-state index contributed by atoms with van der Waals surface area (Å²) in [4.78, 5) is 14.8. The van der Waals surface area contributed by atoms with E-state index in [4.69, 9.17) is 28.1 Å². The lowest BCUT2D eigenvalue weighted by Crippen LogP contribution is -2.63. The topological polar surface area (TPSA) is 133 Å². The number of aliphatic hydroxyl groups excluding tert-OH is 1. The van der Waals surface area contributed by atoms with Crippen LogP contribution in [0.15, 0.2) is 24.3 Å². The standard InChI is InChI=1S/C38H66O10Si/c1-24(2)46-22-37(41,34(26(4)39)45-21-27-14-16-28(44-11)17-15-27)30-20-31(48-49(12,13)35(5,6)7)38(42)19-18-29(36(38,8)9)33(47-23-43-10)32(40)25(30)3/h14-17,24-26,29-31,33-34,39,41-42H,18-23H2,1-13H3/t25-,26?,29-,30+,31+,33-,34-,37-,38-/m1/s1. The molecule has 3 rings (SSSR count). The van der Waals surface area contributed by atoms with Crippen molar-refractivity contribution in [3.8, 4) is 5.75 Å². The Morgan fingerprint density at radius 2 is 1.65 bits per heavy atom. The lowest BCUT2D eigenvalue weighted by atomic mass is 9.66. The first-order chi connectivity index (χ1) is 22.6. The molecule has 3 N–H and O–H groups in total. The molecule has 0 aliphatic heterocycles. The Kier molecular flexibility index (Phi) is 13.8. The van der Waals surface area contributed by atoms with E-state index in [1.54, 1.807) is 21.0 Å². The summed E-state index contributed by atoms with van der Waals surface area (Å²) < 4.78 is 36.5. The molecule has 2 bridgehead atoms. The van der Waals surface area contributed by atoms with Gasteiger partial charge in [0, 0.05) is 30.3 Å². The molecule has 1 aromatic rings. The smallest absolute Gasteiger partial charge is 0.192 e. The zero-order valence-electron chi connectivity index (χ0n) is 32.4. The monoisotopic (exact) mass is 710 g/mol. The average Bonchev–Trinajstić information content (AvgIpc) is 3.26. The summed E-state index contributed by atoms with van der Waals surface area (Å²) >= 11 is 0. The maximum absolute atomic E-state index is 14.8. The molecule has 2 aliphatic rings. The average molecular weight is 711 g/mol. The third-order valence-electron chi connectivity index (χ3n) is 12.0. The molecule has 11 heteroatoms. The van der Waals surface area contributed by atoms with Crippen LogP contribution < -0.4 is 4.74 Å². The second-order valence-electron chi connectivity index (χ2n) is 16.9. The van der Waals surface area contributed by atoms with Crippen LogP contribution in [0.25, 0.3) is 0 Å². The molecule has 0 heterocycles. The molecule has 1 unspecified atom stereocenters. The summed E-state index contributed by atoms with van der Waals surface area (Å²) in [6.45, 7) is 21.7. The van der Waals surface area contributed by atoms with E-state index in [1.165, 1.54) is 7.11 Å². The van der Waals surface area contributed by atoms with Crippen LogP contribution in [0.1, 0.15) is 87.1 Å². The Morgan fingerprint density at radius 3 is 2.16 bits per heavy atom. The molecule has 0 aromatic heterocycles. The van der Waals surface area contributed by atoms with E-state index in [-0.39, 0.29) is 49.3 Å². The molecule has 2 saturated carbocycles. The zero-order valence-corrected chi connectivity index (χ0v) is 33.4. The maximum Gasteiger partial charge on any atom is 0.192 e. The Labute approximate surface area is 296 Å². The summed E-state index contributed by atoms with van der Waals surface area (Å²) in [7, 11) is 0.597. The first-order valence-corrected chi connectivity index (χ1v) is 20.8. The van der Waals surface area contributed by atoms with Gasteiger partial charge in [0.1, 0.15) is 30.4 Å². The van der Waals surface area contributed by atoms with Crippen LogP contribution in [0.3, 0.4) is 0 Å². The van der Waals surface area contributed by atoms with Gasteiger partial charge in [-0.05, 0) is 75.9 Å². The first kappa shape index (κ1) is 42.0. The largest absolute Gasteiger partial charge is 0.497 e. The molecule has 9 atom stereocenters. The normalized spacial score (nSPS) is 30.3. The number of ether oxygens (including phenoxy) is 5. The van der Waals surface area contributed by atoms with Gasteiger partial charge in [0.2, 0.25) is 0 Å². The molecule has 49 heavy (non-hydrogen) atoms. The fourth-order valence-electron chi connectivity index (χ4n) is 7.73. The predicted octanol–water partition coefficient (Wildman–Crippen LogP) is 5.89. The minimum atomic E-state index is -2.51. The van der Waals surface area contributed by atoms with E-state index < -0.39 is 61.2 Å². The molecule has 1 aromatic carbocycles. The van der Waals surface area contributed by atoms with Crippen molar-refractivity contribution in [1.82, 2.24) is 0 Å². The van der Waals surface area contributed by atoms with Crippen molar-refractivity contribution < 1.29 is 48.2 Å². The summed E-state index contributed by atoms with van der Waals surface area (Å²) in [6.07, 6.45) is -3.10. The molecular weight excluding hydrogens is 644 g/mol. The van der Waals surface area contributed by atoms with Gasteiger partial charge < -0.3 is 43.4 Å². The van der Waals surface area contributed by atoms with E-state index in [0.717, 1.165) is 5.56 Å². The van der Waals surface area contributed by atoms with Gasteiger partial charge in [0.25, 0.3) is 0 Å².